The Morgan fingerprint density at radius 2 is 0.734 bits per heavy atom. The minimum absolute atomic E-state index is 0. The Morgan fingerprint density at radius 1 is 0.435 bits per heavy atom. The second-order valence-corrected chi connectivity index (χ2v) is 41.4. The van der Waals surface area contributed by atoms with Gasteiger partial charge in [0.2, 0.25) is 5.69 Å². The summed E-state index contributed by atoms with van der Waals surface area (Å²) in [5.74, 6) is 0.634. The Hall–Kier alpha value is -6.13. The summed E-state index contributed by atoms with van der Waals surface area (Å²) in [7, 11) is 4.47. The average Bonchev–Trinajstić information content (AvgIpc) is 1.59. The number of halogens is 3. The minimum atomic E-state index is -3.22. The number of benzene rings is 5. The molecule has 0 saturated heterocycles. The molecule has 0 spiro atoms. The summed E-state index contributed by atoms with van der Waals surface area (Å²) >= 11 is 13.8. The summed E-state index contributed by atoms with van der Waals surface area (Å²) in [6.07, 6.45) is 51.3. The third-order valence-corrected chi connectivity index (χ3v) is 24.1. The molecule has 5 aromatic carbocycles. The van der Waals surface area contributed by atoms with E-state index in [1.807, 2.05) is 32.3 Å². The third kappa shape index (κ3) is 32.5. The molecule has 13 nitrogen and oxygen atoms in total. The number of aldehydes is 2. The maximum absolute atomic E-state index is 13.3. The van der Waals surface area contributed by atoms with Gasteiger partial charge < -0.3 is 36.5 Å². The number of rotatable bonds is 28. The van der Waals surface area contributed by atoms with E-state index in [0.717, 1.165) is 95.5 Å². The summed E-state index contributed by atoms with van der Waals surface area (Å²) in [4.78, 5) is 55.2. The van der Waals surface area contributed by atoms with Crippen LogP contribution in [-0.4, -0.2) is 98.7 Å². The molecular weight excluding hydrogens is 1640 g/mol. The zero-order valence-corrected chi connectivity index (χ0v) is 86.6. The molecule has 5 aliphatic heterocycles. The number of allylic oxidation sites excluding steroid dienone is 18. The summed E-state index contributed by atoms with van der Waals surface area (Å²) in [6.45, 7) is 46.2. The molecule has 0 radical (unpaired) electrons. The molecule has 2 aliphatic carbocycles. The van der Waals surface area contributed by atoms with E-state index < -0.39 is 5.20 Å². The molecule has 2 saturated carbocycles. The molecule has 19 heteroatoms. The molecule has 12 rings (SSSR count). The average molecular weight is 1790 g/mol. The van der Waals surface area contributed by atoms with Crippen LogP contribution in [0, 0.1) is 0 Å². The van der Waals surface area contributed by atoms with Crippen molar-refractivity contribution in [2.24, 2.45) is 0 Å². The largest absolute Gasteiger partial charge is 1.00 e. The SMILES string of the molecule is C=C1N(CCCCC)c2ccccc2C1(C)C.CCCCCN1C(=CC=CC=C2CCC(=CC=CC=C3N(CCCCC)c4ccccc4C3(C)C)C2=O)C(C)(C)c2ccccc21.CCCCCN1C(=CC=CC=O)C(C)(C)c2ccccc21.CCCCC[N+]1=C(C)C(C)(C)c2ccccc21.CN(C)/C=C/C=O.C[O-].O=C1CCCC1.O=P(Cl)(Cl)Cl.[2H-].[Na+].[Na+].[OH-]. The first-order valence-corrected chi connectivity index (χ1v) is 48.9. The molecule has 2 fully saturated rings. The quantitative estimate of drug-likeness (QED) is 0.0117. The van der Waals surface area contributed by atoms with Crippen molar-refractivity contribution in [1.29, 1.82) is 0 Å². The minimum Gasteiger partial charge on any atom is -1.00 e. The second kappa shape index (κ2) is 57.0. The van der Waals surface area contributed by atoms with Gasteiger partial charge in [-0.3, -0.25) is 23.7 Å². The third-order valence-electron chi connectivity index (χ3n) is 24.1. The van der Waals surface area contributed by atoms with Gasteiger partial charge in [0.1, 0.15) is 24.9 Å². The molecule has 7 aliphatic rings. The standard InChI is InChI=1S/C43H54N2O.C19H25NO.C16H24N.C16H23N.C5H9NO.C5H8O.CH3O.Cl3OP.2Na.H2O.H/c1-7-9-19-31-44-37-25-15-13-23-35(37)42(3,4)39(44)27-17-11-21-33-29-30-34(41(33)46)22-12-18-28-40-43(5,6)36-24-14-16-26-38(36)45(40)32-20-10-8-2;1-4-5-9-14-20-17-12-7-6-11-16(17)19(2,3)18(20)13-8-10-15-21;2*1-5-6-9-12-17-13(2)16(3,4)14-10-7-8-11-15(14)17;1-6(2)4-3-5-7;6-5-3-1-2-4-5;1-2;1-5(2,3)4;;;;/h11-18,21-28H,7-10,19-20,29-32H2,1-6H3;6-8,10-13,15H,4-5,9,14H2,1-3H3;7-8,10-11H,5-6,9,12H2,1-4H3;7-8,10-11H,2,5-6,9,12H2,1,3-4H3;3-5H,1-2H3;1-4H2;1H3;;;;1H2;/q;;+1;;;;-1;;2*+1;;-1/p-1/b;;;;4-3+;;;;;;;/i;;;;;;;;;;;1+1. The van der Waals surface area contributed by atoms with Crippen molar-refractivity contribution >= 4 is 97.2 Å². The molecule has 0 aromatic heterocycles. The number of unbranched alkanes of at least 4 members (excludes halogenated alkanes) is 10. The van der Waals surface area contributed by atoms with Gasteiger partial charge in [0.15, 0.2) is 11.5 Å². The van der Waals surface area contributed by atoms with E-state index >= 15 is 0 Å². The van der Waals surface area contributed by atoms with Crippen molar-refractivity contribution < 1.29 is 99.4 Å². The van der Waals surface area contributed by atoms with Gasteiger partial charge >= 0.3 is 64.3 Å². The second-order valence-electron chi connectivity index (χ2n) is 34.8. The molecule has 668 valence electrons. The van der Waals surface area contributed by atoms with Crippen molar-refractivity contribution in [3.8, 4) is 0 Å². The Morgan fingerprint density at radius 3 is 1.06 bits per heavy atom. The number of carbonyl (C=O) groups is 4. The fourth-order valence-corrected chi connectivity index (χ4v) is 16.9. The Kier molecular flexibility index (Phi) is 52.4. The molecule has 0 unspecified atom stereocenters. The van der Waals surface area contributed by atoms with E-state index in [1.165, 1.54) is 194 Å². The first kappa shape index (κ1) is 114. The van der Waals surface area contributed by atoms with Gasteiger partial charge in [0, 0.05) is 163 Å². The Balaban J connectivity index is 0.000000825. The number of para-hydroxylation sites is 5. The van der Waals surface area contributed by atoms with Crippen molar-refractivity contribution in [2.45, 2.75) is 273 Å². The molecule has 124 heavy (non-hydrogen) atoms. The van der Waals surface area contributed by atoms with Crippen LogP contribution in [0.15, 0.2) is 241 Å². The topological polar surface area (TPSA) is 158 Å². The van der Waals surface area contributed by atoms with Gasteiger partial charge in [-0.05, 0) is 182 Å². The van der Waals surface area contributed by atoms with Crippen molar-refractivity contribution in [2.75, 3.05) is 73.5 Å². The van der Waals surface area contributed by atoms with Crippen LogP contribution in [0.1, 0.15) is 275 Å². The van der Waals surface area contributed by atoms with E-state index in [2.05, 4.69) is 339 Å². The van der Waals surface area contributed by atoms with E-state index in [-0.39, 0.29) is 98.9 Å². The van der Waals surface area contributed by atoms with Gasteiger partial charge in [0.05, 0.1) is 5.41 Å². The van der Waals surface area contributed by atoms with E-state index in [9.17, 15) is 23.7 Å². The van der Waals surface area contributed by atoms with Crippen molar-refractivity contribution in [3.63, 3.8) is 0 Å². The Bertz CT molecular complexity index is 4450. The number of anilines is 4. The van der Waals surface area contributed by atoms with Crippen LogP contribution in [0.3, 0.4) is 0 Å². The number of carbonyl (C=O) groups excluding carboxylic acids is 4. The summed E-state index contributed by atoms with van der Waals surface area (Å²) in [5.41, 5.74) is 22.4. The first-order chi connectivity index (χ1) is 57.7. The van der Waals surface area contributed by atoms with E-state index in [0.29, 0.717) is 5.78 Å². The van der Waals surface area contributed by atoms with Crippen LogP contribution in [0.5, 0.6) is 0 Å². The number of hydrogen-bond acceptors (Lipinski definition) is 12. The monoisotopic (exact) mass is 1790 g/mol. The molecule has 5 aromatic rings. The van der Waals surface area contributed by atoms with E-state index in [4.69, 9.17) is 5.11 Å². The molecule has 0 atom stereocenters. The maximum atomic E-state index is 13.3. The first-order valence-electron chi connectivity index (χ1n) is 44.5. The summed E-state index contributed by atoms with van der Waals surface area (Å²) in [6, 6.07) is 43.8. The fourth-order valence-electron chi connectivity index (χ4n) is 16.9. The predicted octanol–water partition coefficient (Wildman–Crippen LogP) is 21.6. The normalized spacial score (nSPS) is 18.2. The van der Waals surface area contributed by atoms with Crippen LogP contribution in [0.25, 0.3) is 0 Å². The van der Waals surface area contributed by atoms with Gasteiger partial charge in [-0.15, -0.1) is 0 Å². The molecule has 0 bridgehead atoms. The molecular formula is C105H148Cl3N6Na2O7P. The maximum Gasteiger partial charge on any atom is 1.00 e. The molecule has 0 amide bonds. The van der Waals surface area contributed by atoms with Crippen molar-refractivity contribution in [1.82, 2.24) is 4.90 Å². The van der Waals surface area contributed by atoms with Crippen LogP contribution in [-0.2, 0) is 50.8 Å². The van der Waals surface area contributed by atoms with Crippen LogP contribution in [0.2, 0.25) is 0 Å². The number of hydrogen-bond donors (Lipinski definition) is 0. The van der Waals surface area contributed by atoms with Crippen molar-refractivity contribution in [3.05, 3.63) is 269 Å². The number of nitrogens with zero attached hydrogens (tertiary/aromatic N) is 6. The van der Waals surface area contributed by atoms with E-state index in [1.54, 1.807) is 17.2 Å². The predicted molar refractivity (Wildman–Crippen MR) is 524 cm³/mol. The summed E-state index contributed by atoms with van der Waals surface area (Å²) in [5, 5.41) is 5.03. The zero-order chi connectivity index (χ0) is 89.6. The Labute approximate surface area is 809 Å². The van der Waals surface area contributed by atoms with Gasteiger partial charge in [-0.2, -0.15) is 11.7 Å². The molecule has 5 heterocycles. The van der Waals surface area contributed by atoms with Gasteiger partial charge in [-0.1, -0.05) is 288 Å². The van der Waals surface area contributed by atoms with Crippen LogP contribution < -0.4 is 83.8 Å². The summed E-state index contributed by atoms with van der Waals surface area (Å²) < 4.78 is 12.0. The van der Waals surface area contributed by atoms with Gasteiger partial charge in [-0.25, -0.2) is 0 Å². The number of ketones is 2. The van der Waals surface area contributed by atoms with Crippen LogP contribution >= 0.6 is 38.9 Å². The fraction of sp³-hybridized carbons (Fsp3) is 0.476. The number of fused-ring (bicyclic) bond motifs is 5. The molecule has 1 N–H and O–H groups in total. The smallest absolute Gasteiger partial charge is 1.00 e. The zero-order valence-electron chi connectivity index (χ0n) is 80.5. The number of Topliss-reactive ketones (excluding diaryl/α,β-unsaturated/α-hetero) is 2. The van der Waals surface area contributed by atoms with Gasteiger partial charge in [0.25, 0.3) is 0 Å². The van der Waals surface area contributed by atoms with Crippen LogP contribution in [0.4, 0.5) is 28.4 Å².